The van der Waals surface area contributed by atoms with Crippen LogP contribution >= 0.6 is 11.6 Å². The number of pyridine rings is 1. The Hall–Kier alpha value is -4.64. The van der Waals surface area contributed by atoms with Crippen LogP contribution in [-0.2, 0) is 18.8 Å². The summed E-state index contributed by atoms with van der Waals surface area (Å²) in [4.78, 5) is 20.3. The van der Waals surface area contributed by atoms with E-state index in [2.05, 4.69) is 9.97 Å². The molecule has 7 rings (SSSR count). The number of imidazole rings is 1. The molecule has 7 nitrogen and oxygen atoms in total. The Kier molecular flexibility index (Phi) is 6.77. The number of carboxylic acid groups (broad SMARTS) is 1. The summed E-state index contributed by atoms with van der Waals surface area (Å²) in [5.74, 6) is -4.50. The van der Waals surface area contributed by atoms with Gasteiger partial charge in [-0.15, -0.1) is 0 Å². The number of aromatic nitrogens is 3. The zero-order valence-corrected chi connectivity index (χ0v) is 24.5. The molecule has 1 saturated carbocycles. The highest BCUT2D eigenvalue weighted by atomic mass is 35.5. The van der Waals surface area contributed by atoms with Gasteiger partial charge in [-0.1, -0.05) is 23.7 Å². The van der Waals surface area contributed by atoms with Crippen molar-refractivity contribution in [3.8, 4) is 22.6 Å². The Morgan fingerprint density at radius 1 is 1.00 bits per heavy atom. The Morgan fingerprint density at radius 3 is 2.42 bits per heavy atom. The minimum atomic E-state index is -1.56. The summed E-state index contributed by atoms with van der Waals surface area (Å²) in [5, 5.41) is 9.64. The van der Waals surface area contributed by atoms with Crippen molar-refractivity contribution in [1.29, 1.82) is 0 Å². The highest BCUT2D eigenvalue weighted by molar-refractivity contribution is 6.30. The van der Waals surface area contributed by atoms with Crippen molar-refractivity contribution in [1.82, 2.24) is 14.5 Å². The van der Waals surface area contributed by atoms with E-state index < -0.39 is 41.3 Å². The largest absolute Gasteiger partial charge is 0.477 e. The topological polar surface area (TPSA) is 86.5 Å². The van der Waals surface area contributed by atoms with Crippen LogP contribution in [-0.4, -0.2) is 32.3 Å². The second-order valence-electron chi connectivity index (χ2n) is 11.6. The van der Waals surface area contributed by atoms with Crippen LogP contribution in [0.4, 0.5) is 17.6 Å². The van der Waals surface area contributed by atoms with Gasteiger partial charge in [0.1, 0.15) is 28.8 Å². The molecule has 0 radical (unpaired) electrons. The molecular weight excluding hydrogens is 614 g/mol. The van der Waals surface area contributed by atoms with Gasteiger partial charge in [-0.05, 0) is 66.9 Å². The molecule has 1 aliphatic heterocycles. The second-order valence-corrected chi connectivity index (χ2v) is 12.0. The average molecular weight is 638 g/mol. The van der Waals surface area contributed by atoms with Gasteiger partial charge < -0.3 is 19.1 Å². The lowest BCUT2D eigenvalue weighted by atomic mass is 10.00. The normalized spacial score (nSPS) is 18.0. The van der Waals surface area contributed by atoms with E-state index in [0.717, 1.165) is 18.2 Å². The van der Waals surface area contributed by atoms with Crippen molar-refractivity contribution in [2.75, 3.05) is 6.67 Å². The molecule has 230 valence electrons. The number of carboxylic acids is 1. The van der Waals surface area contributed by atoms with Gasteiger partial charge in [-0.25, -0.2) is 27.9 Å². The van der Waals surface area contributed by atoms with E-state index in [1.807, 2.05) is 0 Å². The highest BCUT2D eigenvalue weighted by Gasteiger charge is 2.44. The van der Waals surface area contributed by atoms with Crippen molar-refractivity contribution in [3.63, 3.8) is 0 Å². The summed E-state index contributed by atoms with van der Waals surface area (Å²) in [6.07, 6.45) is 0.949. The van der Waals surface area contributed by atoms with Gasteiger partial charge in [0.05, 0.1) is 12.2 Å². The minimum Gasteiger partial charge on any atom is -0.477 e. The van der Waals surface area contributed by atoms with Crippen molar-refractivity contribution in [2.45, 2.75) is 38.5 Å². The number of aromatic carboxylic acids is 1. The molecule has 1 aliphatic carbocycles. The molecule has 3 heterocycles. The molecule has 1 fully saturated rings. The van der Waals surface area contributed by atoms with Gasteiger partial charge in [0.15, 0.2) is 22.8 Å². The van der Waals surface area contributed by atoms with Gasteiger partial charge in [-0.3, -0.25) is 4.39 Å². The lowest BCUT2D eigenvalue weighted by Gasteiger charge is -2.24. The first kappa shape index (κ1) is 29.1. The van der Waals surface area contributed by atoms with E-state index in [1.54, 1.807) is 22.8 Å². The number of fused-ring (bicyclic) bond motifs is 2. The van der Waals surface area contributed by atoms with E-state index in [4.69, 9.17) is 21.1 Å². The monoisotopic (exact) mass is 637 g/mol. The van der Waals surface area contributed by atoms with Gasteiger partial charge >= 0.3 is 5.97 Å². The van der Waals surface area contributed by atoms with E-state index in [0.29, 0.717) is 23.9 Å². The number of hydrogen-bond donors (Lipinski definition) is 1. The molecular formula is C33H24ClF4N3O4. The van der Waals surface area contributed by atoms with Gasteiger partial charge in [0.2, 0.25) is 0 Å². The third-order valence-electron chi connectivity index (χ3n) is 8.41. The molecule has 1 N–H and O–H groups in total. The van der Waals surface area contributed by atoms with Crippen LogP contribution in [0.3, 0.4) is 0 Å². The first-order chi connectivity index (χ1) is 21.5. The third kappa shape index (κ3) is 5.04. The zero-order valence-electron chi connectivity index (χ0n) is 23.7. The van der Waals surface area contributed by atoms with Gasteiger partial charge in [0.25, 0.3) is 5.79 Å². The van der Waals surface area contributed by atoms with E-state index in [1.165, 1.54) is 31.2 Å². The number of ether oxygens (including phenoxy) is 2. The molecule has 0 amide bonds. The van der Waals surface area contributed by atoms with Crippen molar-refractivity contribution >= 4 is 28.7 Å². The third-order valence-corrected chi connectivity index (χ3v) is 8.65. The molecule has 3 aromatic carbocycles. The predicted octanol–water partition coefficient (Wildman–Crippen LogP) is 7.85. The molecule has 45 heavy (non-hydrogen) atoms. The van der Waals surface area contributed by atoms with E-state index >= 15 is 8.78 Å². The molecule has 2 aliphatic rings. The Balaban J connectivity index is 1.24. The summed E-state index contributed by atoms with van der Waals surface area (Å²) < 4.78 is 73.8. The zero-order chi connectivity index (χ0) is 31.7. The SMILES string of the molecule is CC1(c2ccc(Cl)cc2F)Oc2cccc(-c3cc(F)c(Cc4nc5ccc(C(=O)O)nc5n4CC4(CF)CC4)c(F)c3)c2O1. The fraction of sp³-hybridized carbons (Fsp3) is 0.242. The maximum Gasteiger partial charge on any atom is 0.354 e. The summed E-state index contributed by atoms with van der Waals surface area (Å²) in [7, 11) is 0. The quantitative estimate of drug-likeness (QED) is 0.174. The van der Waals surface area contributed by atoms with Crippen LogP contribution in [0.1, 0.15) is 47.2 Å². The maximum absolute atomic E-state index is 15.8. The van der Waals surface area contributed by atoms with Crippen molar-refractivity contribution in [3.05, 3.63) is 106 Å². The van der Waals surface area contributed by atoms with E-state index in [-0.39, 0.29) is 63.3 Å². The van der Waals surface area contributed by atoms with Gasteiger partial charge in [-0.2, -0.15) is 0 Å². The summed E-state index contributed by atoms with van der Waals surface area (Å²) in [6.45, 7) is 1.08. The maximum atomic E-state index is 15.8. The van der Waals surface area contributed by atoms with Crippen molar-refractivity contribution < 1.29 is 36.9 Å². The number of para-hydroxylation sites is 1. The van der Waals surface area contributed by atoms with Gasteiger partial charge in [0, 0.05) is 41.5 Å². The summed E-state index contributed by atoms with van der Waals surface area (Å²) in [6, 6.07) is 14.0. The highest BCUT2D eigenvalue weighted by Crippen LogP contribution is 2.50. The van der Waals surface area contributed by atoms with Crippen LogP contribution in [0.2, 0.25) is 5.02 Å². The molecule has 0 bridgehead atoms. The molecule has 0 spiro atoms. The van der Waals surface area contributed by atoms with Crippen molar-refractivity contribution in [2.24, 2.45) is 5.41 Å². The molecule has 2 aromatic heterocycles. The number of alkyl halides is 1. The smallest absolute Gasteiger partial charge is 0.354 e. The number of rotatable bonds is 8. The fourth-order valence-electron chi connectivity index (χ4n) is 5.72. The minimum absolute atomic E-state index is 0.0929. The molecule has 0 saturated heterocycles. The lowest BCUT2D eigenvalue weighted by Crippen LogP contribution is -2.32. The van der Waals surface area contributed by atoms with Crippen LogP contribution in [0.15, 0.2) is 60.7 Å². The van der Waals surface area contributed by atoms with Crippen LogP contribution in [0, 0.1) is 22.9 Å². The summed E-state index contributed by atoms with van der Waals surface area (Å²) in [5.41, 5.74) is -0.0374. The van der Waals surface area contributed by atoms with Crippen LogP contribution < -0.4 is 9.47 Å². The fourth-order valence-corrected chi connectivity index (χ4v) is 5.88. The molecule has 1 atom stereocenters. The summed E-state index contributed by atoms with van der Waals surface area (Å²) >= 11 is 5.90. The lowest BCUT2D eigenvalue weighted by molar-refractivity contribution is -0.0705. The molecule has 12 heteroatoms. The van der Waals surface area contributed by atoms with Crippen LogP contribution in [0.25, 0.3) is 22.3 Å². The van der Waals surface area contributed by atoms with Crippen LogP contribution in [0.5, 0.6) is 11.5 Å². The molecule has 1 unspecified atom stereocenters. The second kappa shape index (κ2) is 10.5. The van der Waals surface area contributed by atoms with E-state index in [9.17, 15) is 18.7 Å². The Morgan fingerprint density at radius 2 is 1.76 bits per heavy atom. The average Bonchev–Trinajstić information content (AvgIpc) is 3.57. The number of carbonyl (C=O) groups is 1. The molecule has 5 aromatic rings. The number of halogens is 5. The Labute approximate surface area is 259 Å². The Bertz CT molecular complexity index is 2010. The predicted molar refractivity (Wildman–Crippen MR) is 157 cm³/mol. The number of benzene rings is 3. The first-order valence-electron chi connectivity index (χ1n) is 14.1. The number of hydrogen-bond acceptors (Lipinski definition) is 5. The number of nitrogens with zero attached hydrogens (tertiary/aromatic N) is 3. The standard InChI is InChI=1S/C33H24ClF4N3O4/c1-32(21-6-5-18(34)13-24(21)38)44-27-4-2-3-19(29(27)45-32)17-11-22(36)20(23(37)12-17)14-28-39-25-7-8-26(31(42)43)40-30(25)41(28)16-33(15-35)9-10-33/h2-8,11-13H,9-10,14-16H2,1H3,(H,42,43). The first-order valence-corrected chi connectivity index (χ1v) is 14.5.